The zero-order valence-electron chi connectivity index (χ0n) is 20.3. The summed E-state index contributed by atoms with van der Waals surface area (Å²) in [7, 11) is 0. The molecule has 0 aromatic rings. The Balaban J connectivity index is 5.53. The third-order valence-electron chi connectivity index (χ3n) is 6.13. The summed E-state index contributed by atoms with van der Waals surface area (Å²) in [6.45, 7) is 11.7. The number of hydrogen-bond acceptors (Lipinski definition) is 0. The second kappa shape index (κ2) is 20.4. The summed E-state index contributed by atoms with van der Waals surface area (Å²) >= 11 is -2.35. The number of allylic oxidation sites excluding steroid dienone is 2. The predicted octanol–water partition coefficient (Wildman–Crippen LogP) is 9.86. The molecule has 0 radical (unpaired) electrons. The van der Waals surface area contributed by atoms with Gasteiger partial charge in [0.25, 0.3) is 0 Å². The first-order valence-corrected chi connectivity index (χ1v) is 20.4. The van der Waals surface area contributed by atoms with E-state index in [1.165, 1.54) is 89.9 Å². The van der Waals surface area contributed by atoms with Crippen LogP contribution in [0, 0.1) is 11.8 Å². The van der Waals surface area contributed by atoms with Crippen LogP contribution in [-0.4, -0.2) is 18.4 Å². The van der Waals surface area contributed by atoms with Crippen LogP contribution in [0.1, 0.15) is 131 Å². The third-order valence-corrected chi connectivity index (χ3v) is 21.6. The molecule has 0 unspecified atom stereocenters. The van der Waals surface area contributed by atoms with Crippen LogP contribution in [0.25, 0.3) is 0 Å². The van der Waals surface area contributed by atoms with Crippen LogP contribution >= 0.6 is 0 Å². The first kappa shape index (κ1) is 28.1. The van der Waals surface area contributed by atoms with Crippen molar-refractivity contribution >= 4 is 18.4 Å². The first-order valence-electron chi connectivity index (χ1n) is 12.9. The van der Waals surface area contributed by atoms with Crippen molar-refractivity contribution in [2.45, 2.75) is 144 Å². The molecule has 0 N–H and O–H groups in total. The maximum absolute atomic E-state index is 3.84. The van der Waals surface area contributed by atoms with Crippen LogP contribution in [0.2, 0.25) is 13.3 Å². The Kier molecular flexibility index (Phi) is 20.4. The molecule has 0 rings (SSSR count). The normalized spacial score (nSPS) is 12.1. The molecule has 28 heavy (non-hydrogen) atoms. The standard InChI is InChI=1S/C15H25.3C4H9.Sn/c1-3-5-7-9-11-13-15-14-12-10-8-6-4-2;3*1-3-4-2;/h13H,3-11H2,1-2H3;3*1,3-4H2,2H3;. The Labute approximate surface area is 183 Å². The molecule has 0 nitrogen and oxygen atoms in total. The molecule has 0 aliphatic heterocycles. The van der Waals surface area contributed by atoms with E-state index in [-0.39, 0.29) is 0 Å². The second-order valence-electron chi connectivity index (χ2n) is 8.82. The Morgan fingerprint density at radius 2 is 1.11 bits per heavy atom. The van der Waals surface area contributed by atoms with Crippen molar-refractivity contribution in [2.24, 2.45) is 0 Å². The predicted molar refractivity (Wildman–Crippen MR) is 134 cm³/mol. The van der Waals surface area contributed by atoms with Gasteiger partial charge >= 0.3 is 184 Å². The van der Waals surface area contributed by atoms with Crippen molar-refractivity contribution in [3.63, 3.8) is 0 Å². The van der Waals surface area contributed by atoms with Crippen LogP contribution in [0.3, 0.4) is 0 Å². The number of hydrogen-bond donors (Lipinski definition) is 0. The molecule has 0 bridgehead atoms. The van der Waals surface area contributed by atoms with E-state index in [1.807, 2.05) is 0 Å². The van der Waals surface area contributed by atoms with Gasteiger partial charge in [0.1, 0.15) is 0 Å². The summed E-state index contributed by atoms with van der Waals surface area (Å²) in [5, 5.41) is 0. The van der Waals surface area contributed by atoms with Crippen molar-refractivity contribution < 1.29 is 0 Å². The Bertz CT molecular complexity index is 402. The van der Waals surface area contributed by atoms with E-state index in [1.54, 1.807) is 16.9 Å². The molecular weight excluding hydrogens is 443 g/mol. The molecule has 0 fully saturated rings. The molecule has 0 aromatic carbocycles. The molecule has 0 aliphatic rings. The second-order valence-corrected chi connectivity index (χ2v) is 21.9. The van der Waals surface area contributed by atoms with E-state index in [0.29, 0.717) is 0 Å². The van der Waals surface area contributed by atoms with Gasteiger partial charge in [0.05, 0.1) is 0 Å². The monoisotopic (exact) mass is 496 g/mol. The molecule has 0 spiro atoms. The van der Waals surface area contributed by atoms with E-state index in [0.717, 1.165) is 6.42 Å². The first-order chi connectivity index (χ1) is 13.7. The van der Waals surface area contributed by atoms with Gasteiger partial charge in [-0.05, 0) is 0 Å². The molecule has 0 saturated heterocycles. The molecule has 0 aromatic heterocycles. The average Bonchev–Trinajstić information content (AvgIpc) is 2.72. The molecule has 0 heterocycles. The summed E-state index contributed by atoms with van der Waals surface area (Å²) in [4.78, 5) is 0. The van der Waals surface area contributed by atoms with Gasteiger partial charge < -0.3 is 0 Å². The van der Waals surface area contributed by atoms with Crippen LogP contribution in [0.4, 0.5) is 0 Å². The van der Waals surface area contributed by atoms with Gasteiger partial charge in [0.15, 0.2) is 0 Å². The minimum atomic E-state index is -2.35. The van der Waals surface area contributed by atoms with E-state index >= 15 is 0 Å². The summed E-state index contributed by atoms with van der Waals surface area (Å²) in [6.07, 6.45) is 22.8. The number of rotatable bonds is 18. The quantitative estimate of drug-likeness (QED) is 0.101. The SMILES string of the molecule is CCCCCC#C/[C](=C/CCCCCC)[Sn]([CH2]CCC)([CH2]CCC)[CH2]CCC. The Morgan fingerprint density at radius 3 is 1.61 bits per heavy atom. The van der Waals surface area contributed by atoms with E-state index in [2.05, 4.69) is 52.5 Å². The topological polar surface area (TPSA) is 0 Å². The summed E-state index contributed by atoms with van der Waals surface area (Å²) in [5.74, 6) is 7.48. The van der Waals surface area contributed by atoms with Gasteiger partial charge in [0.2, 0.25) is 0 Å². The molecular formula is C27H52Sn. The van der Waals surface area contributed by atoms with E-state index in [9.17, 15) is 0 Å². The van der Waals surface area contributed by atoms with Gasteiger partial charge in [0, 0.05) is 0 Å². The van der Waals surface area contributed by atoms with Crippen molar-refractivity contribution in [1.82, 2.24) is 0 Å². The summed E-state index contributed by atoms with van der Waals surface area (Å²) < 4.78 is 6.39. The van der Waals surface area contributed by atoms with Crippen molar-refractivity contribution in [2.75, 3.05) is 0 Å². The van der Waals surface area contributed by atoms with Crippen LogP contribution in [0.15, 0.2) is 9.67 Å². The fraction of sp³-hybridized carbons (Fsp3) is 0.852. The molecule has 0 amide bonds. The third kappa shape index (κ3) is 13.3. The zero-order chi connectivity index (χ0) is 20.9. The van der Waals surface area contributed by atoms with Crippen molar-refractivity contribution in [3.8, 4) is 11.8 Å². The van der Waals surface area contributed by atoms with Gasteiger partial charge in [-0.2, -0.15) is 0 Å². The van der Waals surface area contributed by atoms with Gasteiger partial charge in [-0.25, -0.2) is 0 Å². The van der Waals surface area contributed by atoms with E-state index in [4.69, 9.17) is 0 Å². The number of unbranched alkanes of at least 4 members (excludes halogenated alkanes) is 10. The van der Waals surface area contributed by atoms with E-state index < -0.39 is 18.4 Å². The Hall–Kier alpha value is 0.0987. The summed E-state index contributed by atoms with van der Waals surface area (Å²) in [6, 6.07) is 0. The Morgan fingerprint density at radius 1 is 0.607 bits per heavy atom. The van der Waals surface area contributed by atoms with Gasteiger partial charge in [-0.1, -0.05) is 0 Å². The molecule has 1 heteroatoms. The van der Waals surface area contributed by atoms with Gasteiger partial charge in [-0.15, -0.1) is 0 Å². The fourth-order valence-electron chi connectivity index (χ4n) is 4.16. The fourth-order valence-corrected chi connectivity index (χ4v) is 20.1. The molecule has 0 atom stereocenters. The molecule has 0 saturated carbocycles. The molecule has 0 aliphatic carbocycles. The minimum absolute atomic E-state index is 1.11. The van der Waals surface area contributed by atoms with Crippen molar-refractivity contribution in [3.05, 3.63) is 9.67 Å². The zero-order valence-corrected chi connectivity index (χ0v) is 23.2. The van der Waals surface area contributed by atoms with Crippen molar-refractivity contribution in [1.29, 1.82) is 0 Å². The van der Waals surface area contributed by atoms with Crippen LogP contribution < -0.4 is 0 Å². The average molecular weight is 495 g/mol. The van der Waals surface area contributed by atoms with Gasteiger partial charge in [-0.3, -0.25) is 0 Å². The van der Waals surface area contributed by atoms with Crippen LogP contribution in [0.5, 0.6) is 0 Å². The summed E-state index contributed by atoms with van der Waals surface area (Å²) in [5.41, 5.74) is 0. The maximum atomic E-state index is 3.84. The molecule has 164 valence electrons. The van der Waals surface area contributed by atoms with Crippen LogP contribution in [-0.2, 0) is 0 Å².